The van der Waals surface area contributed by atoms with Crippen molar-refractivity contribution in [2.75, 3.05) is 4.90 Å². The van der Waals surface area contributed by atoms with Gasteiger partial charge in [-0.3, -0.25) is 19.2 Å². The number of carbonyl (C=O) groups excluding carboxylic acids is 2. The van der Waals surface area contributed by atoms with Crippen LogP contribution in [0.4, 0.5) is 10.1 Å². The van der Waals surface area contributed by atoms with Crippen molar-refractivity contribution in [3.05, 3.63) is 94.7 Å². The number of benzene rings is 2. The molecule has 1 aliphatic heterocycles. The molecule has 0 aliphatic carbocycles. The minimum Gasteiger partial charge on any atom is -0.350 e. The summed E-state index contributed by atoms with van der Waals surface area (Å²) in [6.07, 6.45) is 0. The highest BCUT2D eigenvalue weighted by Crippen LogP contribution is 2.36. The number of halogens is 1. The predicted octanol–water partition coefficient (Wildman–Crippen LogP) is 4.79. The van der Waals surface area contributed by atoms with Crippen LogP contribution in [0.2, 0.25) is 0 Å². The Morgan fingerprint density at radius 2 is 1.91 bits per heavy atom. The number of nitrogens with zero attached hydrogens (tertiary/aromatic N) is 3. The SMILES string of the molecule is Cc1ccc(CNC(=O)[C@@]2(C)Cn3nc(-c4cccs4)cc3C(=O)N2c2ccccc2F)cc1. The van der Waals surface area contributed by atoms with Crippen LogP contribution < -0.4 is 10.2 Å². The first-order valence-electron chi connectivity index (χ1n) is 10.9. The summed E-state index contributed by atoms with van der Waals surface area (Å²) in [6.45, 7) is 4.03. The Balaban J connectivity index is 1.54. The van der Waals surface area contributed by atoms with Crippen molar-refractivity contribution in [1.29, 1.82) is 0 Å². The number of aryl methyl sites for hydroxylation is 1. The lowest BCUT2D eigenvalue weighted by Crippen LogP contribution is -2.64. The van der Waals surface area contributed by atoms with Crippen LogP contribution in [0.1, 0.15) is 28.5 Å². The average Bonchev–Trinajstić information content (AvgIpc) is 3.50. The number of hydrogen-bond donors (Lipinski definition) is 1. The number of thiophene rings is 1. The fourth-order valence-corrected chi connectivity index (χ4v) is 4.90. The van der Waals surface area contributed by atoms with Crippen LogP contribution >= 0.6 is 11.3 Å². The van der Waals surface area contributed by atoms with Crippen LogP contribution in [0.15, 0.2) is 72.1 Å². The van der Waals surface area contributed by atoms with Gasteiger partial charge in [0.25, 0.3) is 5.91 Å². The Morgan fingerprint density at radius 1 is 1.15 bits per heavy atom. The largest absolute Gasteiger partial charge is 0.350 e. The van der Waals surface area contributed by atoms with Crippen molar-refractivity contribution in [2.24, 2.45) is 0 Å². The van der Waals surface area contributed by atoms with Crippen LogP contribution in [-0.4, -0.2) is 27.1 Å². The van der Waals surface area contributed by atoms with E-state index in [9.17, 15) is 14.0 Å². The molecule has 0 spiro atoms. The van der Waals surface area contributed by atoms with Crippen LogP contribution in [0.5, 0.6) is 0 Å². The number of rotatable bonds is 5. The maximum atomic E-state index is 14.9. The predicted molar refractivity (Wildman–Crippen MR) is 130 cm³/mol. The van der Waals surface area contributed by atoms with E-state index in [0.717, 1.165) is 16.0 Å². The lowest BCUT2D eigenvalue weighted by Gasteiger charge is -2.43. The highest BCUT2D eigenvalue weighted by molar-refractivity contribution is 7.13. The number of hydrogen-bond acceptors (Lipinski definition) is 4. The van der Waals surface area contributed by atoms with Gasteiger partial charge in [-0.1, -0.05) is 48.0 Å². The molecule has 2 aromatic heterocycles. The highest BCUT2D eigenvalue weighted by atomic mass is 32.1. The quantitative estimate of drug-likeness (QED) is 0.452. The molecular formula is C26H23FN4O2S. The molecule has 8 heteroatoms. The summed E-state index contributed by atoms with van der Waals surface area (Å²) in [5, 5.41) is 9.48. The van der Waals surface area contributed by atoms with E-state index < -0.39 is 17.3 Å². The van der Waals surface area contributed by atoms with E-state index in [0.29, 0.717) is 17.9 Å². The fourth-order valence-electron chi connectivity index (χ4n) is 4.22. The standard InChI is InChI=1S/C26H23FN4O2S/c1-17-9-11-18(12-10-17)15-28-25(33)26(2)16-30-22(14-20(29-30)23-8-5-13-34-23)24(32)31(26)21-7-4-3-6-19(21)27/h3-14H,15-16H2,1-2H3,(H,28,33)/t26-/m1/s1. The number of para-hydroxylation sites is 1. The van der Waals surface area contributed by atoms with E-state index in [1.807, 2.05) is 48.7 Å². The van der Waals surface area contributed by atoms with Gasteiger partial charge in [0.2, 0.25) is 5.91 Å². The molecule has 2 aromatic carbocycles. The second kappa shape index (κ2) is 8.53. The third-order valence-electron chi connectivity index (χ3n) is 6.08. The normalized spacial score (nSPS) is 17.5. The van der Waals surface area contributed by atoms with Crippen molar-refractivity contribution in [1.82, 2.24) is 15.1 Å². The summed E-state index contributed by atoms with van der Waals surface area (Å²) in [7, 11) is 0. The van der Waals surface area contributed by atoms with E-state index in [2.05, 4.69) is 10.4 Å². The maximum absolute atomic E-state index is 14.9. The van der Waals surface area contributed by atoms with E-state index in [1.165, 1.54) is 28.4 Å². The number of carbonyl (C=O) groups is 2. The first-order chi connectivity index (χ1) is 16.4. The second-order valence-corrected chi connectivity index (χ2v) is 9.53. The molecule has 1 N–H and O–H groups in total. The summed E-state index contributed by atoms with van der Waals surface area (Å²) in [6, 6.07) is 19.4. The van der Waals surface area contributed by atoms with E-state index in [-0.39, 0.29) is 18.1 Å². The van der Waals surface area contributed by atoms with Gasteiger partial charge in [-0.15, -0.1) is 11.3 Å². The molecule has 1 aliphatic rings. The molecule has 0 fully saturated rings. The van der Waals surface area contributed by atoms with Crippen molar-refractivity contribution in [3.8, 4) is 10.6 Å². The number of nitrogens with one attached hydrogen (secondary N) is 1. The Bertz CT molecular complexity index is 1360. The molecule has 0 saturated heterocycles. The molecule has 5 rings (SSSR count). The van der Waals surface area contributed by atoms with Gasteiger partial charge in [-0.05, 0) is 49.1 Å². The van der Waals surface area contributed by atoms with E-state index in [4.69, 9.17) is 0 Å². The van der Waals surface area contributed by atoms with Gasteiger partial charge in [0, 0.05) is 6.54 Å². The summed E-state index contributed by atoms with van der Waals surface area (Å²) in [5.74, 6) is -1.43. The number of amides is 2. The summed E-state index contributed by atoms with van der Waals surface area (Å²) in [4.78, 5) is 29.5. The smallest absolute Gasteiger partial charge is 0.277 e. The number of aromatic nitrogens is 2. The molecule has 0 saturated carbocycles. The lowest BCUT2D eigenvalue weighted by atomic mass is 9.93. The first-order valence-corrected chi connectivity index (χ1v) is 11.8. The van der Waals surface area contributed by atoms with Gasteiger partial charge in [0.15, 0.2) is 0 Å². The van der Waals surface area contributed by atoms with Gasteiger partial charge in [-0.25, -0.2) is 4.39 Å². The highest BCUT2D eigenvalue weighted by Gasteiger charge is 2.49. The molecular weight excluding hydrogens is 451 g/mol. The van der Waals surface area contributed by atoms with Gasteiger partial charge in [0.1, 0.15) is 22.7 Å². The topological polar surface area (TPSA) is 67.2 Å². The zero-order valence-corrected chi connectivity index (χ0v) is 19.6. The molecule has 1 atom stereocenters. The Hall–Kier alpha value is -3.78. The van der Waals surface area contributed by atoms with Gasteiger partial charge < -0.3 is 5.32 Å². The molecule has 6 nitrogen and oxygen atoms in total. The van der Waals surface area contributed by atoms with Crippen LogP contribution in [-0.2, 0) is 17.9 Å². The summed E-state index contributed by atoms with van der Waals surface area (Å²) < 4.78 is 16.5. The van der Waals surface area contributed by atoms with Crippen molar-refractivity contribution in [3.63, 3.8) is 0 Å². The zero-order chi connectivity index (χ0) is 23.9. The Labute approximate surface area is 200 Å². The molecule has 0 unspecified atom stereocenters. The van der Waals surface area contributed by atoms with Gasteiger partial charge >= 0.3 is 0 Å². The second-order valence-electron chi connectivity index (χ2n) is 8.58. The minimum absolute atomic E-state index is 0.0607. The maximum Gasteiger partial charge on any atom is 0.277 e. The Morgan fingerprint density at radius 3 is 2.62 bits per heavy atom. The lowest BCUT2D eigenvalue weighted by molar-refractivity contribution is -0.126. The zero-order valence-electron chi connectivity index (χ0n) is 18.8. The molecule has 172 valence electrons. The van der Waals surface area contributed by atoms with Crippen molar-refractivity contribution < 1.29 is 14.0 Å². The first kappa shape index (κ1) is 22.0. The third-order valence-corrected chi connectivity index (χ3v) is 6.98. The molecule has 4 aromatic rings. The summed E-state index contributed by atoms with van der Waals surface area (Å²) >= 11 is 1.51. The molecule has 3 heterocycles. The monoisotopic (exact) mass is 474 g/mol. The number of fused-ring (bicyclic) bond motifs is 1. The van der Waals surface area contributed by atoms with Gasteiger partial charge in [0.05, 0.1) is 17.1 Å². The average molecular weight is 475 g/mol. The minimum atomic E-state index is -1.39. The molecule has 34 heavy (non-hydrogen) atoms. The molecule has 2 amide bonds. The number of anilines is 1. The van der Waals surface area contributed by atoms with E-state index >= 15 is 0 Å². The molecule has 0 bridgehead atoms. The van der Waals surface area contributed by atoms with Crippen LogP contribution in [0, 0.1) is 12.7 Å². The molecule has 0 radical (unpaired) electrons. The van der Waals surface area contributed by atoms with Crippen molar-refractivity contribution in [2.45, 2.75) is 32.5 Å². The van der Waals surface area contributed by atoms with Gasteiger partial charge in [-0.2, -0.15) is 5.10 Å². The van der Waals surface area contributed by atoms with Crippen LogP contribution in [0.25, 0.3) is 10.6 Å². The van der Waals surface area contributed by atoms with Crippen LogP contribution in [0.3, 0.4) is 0 Å². The van der Waals surface area contributed by atoms with Crippen molar-refractivity contribution >= 4 is 28.8 Å². The fraction of sp³-hybridized carbons (Fsp3) is 0.192. The summed E-state index contributed by atoms with van der Waals surface area (Å²) in [5.41, 5.74) is 1.69. The third kappa shape index (κ3) is 3.80. The van der Waals surface area contributed by atoms with E-state index in [1.54, 1.807) is 29.8 Å². The Kier molecular flexibility index (Phi) is 5.53.